The van der Waals surface area contributed by atoms with Crippen molar-refractivity contribution in [2.75, 3.05) is 6.61 Å². The Labute approximate surface area is 78.5 Å². The van der Waals surface area contributed by atoms with E-state index in [0.717, 1.165) is 6.07 Å². The van der Waals surface area contributed by atoms with Gasteiger partial charge in [-0.05, 0) is 12.1 Å². The van der Waals surface area contributed by atoms with Crippen molar-refractivity contribution in [3.05, 3.63) is 29.6 Å². The van der Waals surface area contributed by atoms with Crippen molar-refractivity contribution in [2.45, 2.75) is 6.43 Å². The first-order valence-corrected chi connectivity index (χ1v) is 3.74. The topological polar surface area (TPSA) is 33.0 Å². The van der Waals surface area contributed by atoms with Gasteiger partial charge in [-0.25, -0.2) is 13.2 Å². The molecule has 0 radical (unpaired) electrons. The zero-order valence-corrected chi connectivity index (χ0v) is 7.01. The van der Waals surface area contributed by atoms with Gasteiger partial charge in [0.25, 0.3) is 6.43 Å². The van der Waals surface area contributed by atoms with E-state index < -0.39 is 18.8 Å². The van der Waals surface area contributed by atoms with Gasteiger partial charge in [0.05, 0.1) is 0 Å². The molecule has 0 N–H and O–H groups in total. The lowest BCUT2D eigenvalue weighted by Gasteiger charge is -2.06. The van der Waals surface area contributed by atoms with Crippen LogP contribution in [0, 0.1) is 17.1 Å². The fourth-order valence-corrected chi connectivity index (χ4v) is 0.886. The summed E-state index contributed by atoms with van der Waals surface area (Å²) in [6.07, 6.45) is -2.65. The second kappa shape index (κ2) is 4.51. The van der Waals surface area contributed by atoms with Gasteiger partial charge < -0.3 is 4.74 Å². The van der Waals surface area contributed by atoms with E-state index in [-0.39, 0.29) is 11.3 Å². The smallest absolute Gasteiger partial charge is 0.272 e. The highest BCUT2D eigenvalue weighted by molar-refractivity contribution is 5.43. The number of ether oxygens (including phenoxy) is 1. The average molecular weight is 201 g/mol. The van der Waals surface area contributed by atoms with Gasteiger partial charge in [0.2, 0.25) is 0 Å². The van der Waals surface area contributed by atoms with Gasteiger partial charge in [0.1, 0.15) is 29.8 Å². The molecule has 0 saturated heterocycles. The lowest BCUT2D eigenvalue weighted by atomic mass is 10.2. The number of rotatable bonds is 3. The number of benzene rings is 1. The Bertz CT molecular complexity index is 360. The molecule has 0 aliphatic heterocycles. The Morgan fingerprint density at radius 1 is 1.43 bits per heavy atom. The summed E-state index contributed by atoms with van der Waals surface area (Å²) in [6, 6.07) is 5.16. The fraction of sp³-hybridized carbons (Fsp3) is 0.222. The molecule has 1 rings (SSSR count). The number of nitriles is 1. The van der Waals surface area contributed by atoms with Gasteiger partial charge in [0.15, 0.2) is 0 Å². The van der Waals surface area contributed by atoms with Gasteiger partial charge in [-0.15, -0.1) is 0 Å². The number of halogens is 3. The van der Waals surface area contributed by atoms with E-state index in [4.69, 9.17) is 5.26 Å². The fourth-order valence-electron chi connectivity index (χ4n) is 0.886. The van der Waals surface area contributed by atoms with Crippen molar-refractivity contribution in [1.82, 2.24) is 0 Å². The standard InChI is InChI=1S/C9H6F3NO/c10-7-2-1-3-8(6(7)4-13)14-5-9(11)12/h1-3,9H,5H2. The van der Waals surface area contributed by atoms with Crippen LogP contribution in [0.4, 0.5) is 13.2 Å². The third-order valence-corrected chi connectivity index (χ3v) is 1.45. The second-order valence-electron chi connectivity index (χ2n) is 2.43. The molecule has 0 saturated carbocycles. The Balaban J connectivity index is 2.87. The first-order valence-electron chi connectivity index (χ1n) is 3.74. The summed E-state index contributed by atoms with van der Waals surface area (Å²) >= 11 is 0. The monoisotopic (exact) mass is 201 g/mol. The third kappa shape index (κ3) is 2.39. The van der Waals surface area contributed by atoms with Crippen molar-refractivity contribution in [3.8, 4) is 11.8 Å². The van der Waals surface area contributed by atoms with E-state index in [1.165, 1.54) is 12.1 Å². The van der Waals surface area contributed by atoms with Gasteiger partial charge in [-0.2, -0.15) is 5.26 Å². The molecular formula is C9H6F3NO. The first kappa shape index (κ1) is 10.4. The van der Waals surface area contributed by atoms with Crippen LogP contribution in [0.3, 0.4) is 0 Å². The summed E-state index contributed by atoms with van der Waals surface area (Å²) in [6.45, 7) is -0.849. The molecule has 0 unspecified atom stereocenters. The molecule has 0 aliphatic rings. The molecule has 0 aromatic heterocycles. The lowest BCUT2D eigenvalue weighted by molar-refractivity contribution is 0.0816. The molecule has 0 heterocycles. The molecular weight excluding hydrogens is 195 g/mol. The maximum Gasteiger partial charge on any atom is 0.272 e. The summed E-state index contributed by atoms with van der Waals surface area (Å²) in [7, 11) is 0. The average Bonchev–Trinajstić information content (AvgIpc) is 2.14. The Morgan fingerprint density at radius 3 is 2.71 bits per heavy atom. The van der Waals surface area contributed by atoms with E-state index in [2.05, 4.69) is 4.74 Å². The zero-order chi connectivity index (χ0) is 10.6. The van der Waals surface area contributed by atoms with Crippen LogP contribution in [-0.4, -0.2) is 13.0 Å². The molecule has 0 aliphatic carbocycles. The van der Waals surface area contributed by atoms with Crippen molar-refractivity contribution in [3.63, 3.8) is 0 Å². The van der Waals surface area contributed by atoms with Crippen LogP contribution >= 0.6 is 0 Å². The second-order valence-corrected chi connectivity index (χ2v) is 2.43. The predicted molar refractivity (Wildman–Crippen MR) is 42.6 cm³/mol. The zero-order valence-electron chi connectivity index (χ0n) is 7.01. The van der Waals surface area contributed by atoms with Crippen molar-refractivity contribution in [1.29, 1.82) is 5.26 Å². The minimum absolute atomic E-state index is 0.159. The van der Waals surface area contributed by atoms with Crippen molar-refractivity contribution in [2.24, 2.45) is 0 Å². The molecule has 0 fully saturated rings. The summed E-state index contributed by atoms with van der Waals surface area (Å²) in [4.78, 5) is 0. The molecule has 0 atom stereocenters. The number of nitrogens with zero attached hydrogens (tertiary/aromatic N) is 1. The molecule has 0 spiro atoms. The van der Waals surface area contributed by atoms with Crippen LogP contribution in [0.5, 0.6) is 5.75 Å². The third-order valence-electron chi connectivity index (χ3n) is 1.45. The number of hydrogen-bond acceptors (Lipinski definition) is 2. The van der Waals surface area contributed by atoms with Gasteiger partial charge >= 0.3 is 0 Å². The van der Waals surface area contributed by atoms with E-state index in [1.807, 2.05) is 0 Å². The van der Waals surface area contributed by atoms with E-state index in [1.54, 1.807) is 6.07 Å². The lowest BCUT2D eigenvalue weighted by Crippen LogP contribution is -2.08. The Morgan fingerprint density at radius 2 is 2.14 bits per heavy atom. The quantitative estimate of drug-likeness (QED) is 0.751. The summed E-state index contributed by atoms with van der Waals surface area (Å²) in [5.74, 6) is -0.938. The highest BCUT2D eigenvalue weighted by atomic mass is 19.3. The SMILES string of the molecule is N#Cc1c(F)cccc1OCC(F)F. The van der Waals surface area contributed by atoms with Crippen LogP contribution in [0.2, 0.25) is 0 Å². The summed E-state index contributed by atoms with van der Waals surface area (Å²) in [5.41, 5.74) is -0.354. The molecule has 74 valence electrons. The van der Waals surface area contributed by atoms with E-state index in [0.29, 0.717) is 0 Å². The molecule has 0 amide bonds. The van der Waals surface area contributed by atoms with Gasteiger partial charge in [-0.1, -0.05) is 6.07 Å². The maximum absolute atomic E-state index is 12.9. The molecule has 5 heteroatoms. The number of hydrogen-bond donors (Lipinski definition) is 0. The highest BCUT2D eigenvalue weighted by Crippen LogP contribution is 2.20. The van der Waals surface area contributed by atoms with E-state index in [9.17, 15) is 13.2 Å². The van der Waals surface area contributed by atoms with Crippen LogP contribution in [-0.2, 0) is 0 Å². The first-order chi connectivity index (χ1) is 6.65. The predicted octanol–water partition coefficient (Wildman–Crippen LogP) is 2.34. The molecule has 1 aromatic carbocycles. The van der Waals surface area contributed by atoms with E-state index >= 15 is 0 Å². The van der Waals surface area contributed by atoms with Gasteiger partial charge in [0, 0.05) is 0 Å². The summed E-state index contributed by atoms with van der Waals surface area (Å²) < 4.78 is 41.0. The van der Waals surface area contributed by atoms with Gasteiger partial charge in [-0.3, -0.25) is 0 Å². The molecule has 1 aromatic rings. The summed E-state index contributed by atoms with van der Waals surface area (Å²) in [5, 5.41) is 8.51. The minimum Gasteiger partial charge on any atom is -0.486 e. The van der Waals surface area contributed by atoms with Crippen LogP contribution in [0.15, 0.2) is 18.2 Å². The maximum atomic E-state index is 12.9. The molecule has 2 nitrogen and oxygen atoms in total. The minimum atomic E-state index is -2.65. The largest absolute Gasteiger partial charge is 0.486 e. The van der Waals surface area contributed by atoms with Crippen LogP contribution in [0.25, 0.3) is 0 Å². The molecule has 0 bridgehead atoms. The van der Waals surface area contributed by atoms with Crippen molar-refractivity contribution >= 4 is 0 Å². The van der Waals surface area contributed by atoms with Crippen molar-refractivity contribution < 1.29 is 17.9 Å². The van der Waals surface area contributed by atoms with Crippen LogP contribution in [0.1, 0.15) is 5.56 Å². The highest BCUT2D eigenvalue weighted by Gasteiger charge is 2.10. The van der Waals surface area contributed by atoms with Crippen LogP contribution < -0.4 is 4.74 Å². The number of alkyl halides is 2. The molecule has 14 heavy (non-hydrogen) atoms. The Hall–Kier alpha value is -1.70. The normalized spacial score (nSPS) is 9.93. The Kier molecular flexibility index (Phi) is 3.35.